The minimum Gasteiger partial charge on any atom is -0.381 e. The van der Waals surface area contributed by atoms with Crippen molar-refractivity contribution >= 4 is 11.8 Å². The van der Waals surface area contributed by atoms with Crippen molar-refractivity contribution in [2.75, 3.05) is 53.0 Å². The van der Waals surface area contributed by atoms with Crippen LogP contribution in [0.5, 0.6) is 0 Å². The number of carbonyl (C=O) groups is 2. The van der Waals surface area contributed by atoms with Gasteiger partial charge in [-0.25, -0.2) is 0 Å². The summed E-state index contributed by atoms with van der Waals surface area (Å²) < 4.78 is 11.5. The second-order valence-corrected chi connectivity index (χ2v) is 8.76. The number of nitrogens with one attached hydrogen (secondary N) is 1. The number of amides is 2. The Balaban J connectivity index is 1.26. The van der Waals surface area contributed by atoms with Crippen molar-refractivity contribution in [3.63, 3.8) is 0 Å². The van der Waals surface area contributed by atoms with Crippen molar-refractivity contribution in [1.82, 2.24) is 15.1 Å². The molecule has 4 rings (SSSR count). The lowest BCUT2D eigenvalue weighted by Crippen LogP contribution is -2.73. The molecular formula is C22H31N3O4. The molecular weight excluding hydrogens is 370 g/mol. The summed E-state index contributed by atoms with van der Waals surface area (Å²) >= 11 is 0. The van der Waals surface area contributed by atoms with Crippen LogP contribution in [0.3, 0.4) is 0 Å². The molecule has 158 valence electrons. The number of likely N-dealkylation sites (N-methyl/N-ethyl adjacent to an activating group) is 1. The van der Waals surface area contributed by atoms with E-state index in [4.69, 9.17) is 9.47 Å². The fraction of sp³-hybridized carbons (Fsp3) is 0.636. The Morgan fingerprint density at radius 3 is 2.66 bits per heavy atom. The number of rotatable bonds is 4. The second-order valence-electron chi connectivity index (χ2n) is 8.76. The molecule has 0 radical (unpaired) electrons. The molecule has 3 aliphatic rings. The van der Waals surface area contributed by atoms with Gasteiger partial charge in [0.05, 0.1) is 19.7 Å². The molecule has 7 nitrogen and oxygen atoms in total. The maximum atomic E-state index is 12.7. The summed E-state index contributed by atoms with van der Waals surface area (Å²) in [5.41, 5.74) is 1.44. The van der Waals surface area contributed by atoms with E-state index in [1.807, 2.05) is 43.1 Å². The Labute approximate surface area is 172 Å². The molecule has 0 bridgehead atoms. The van der Waals surface area contributed by atoms with E-state index in [2.05, 4.69) is 10.2 Å². The van der Waals surface area contributed by atoms with Crippen LogP contribution in [0, 0.1) is 12.8 Å². The molecule has 0 aromatic heterocycles. The molecule has 1 atom stereocenters. The van der Waals surface area contributed by atoms with Gasteiger partial charge in [-0.05, 0) is 44.9 Å². The molecule has 7 heteroatoms. The first-order valence-electron chi connectivity index (χ1n) is 10.5. The lowest BCUT2D eigenvalue weighted by atomic mass is 9.89. The summed E-state index contributed by atoms with van der Waals surface area (Å²) in [6.07, 6.45) is 2.01. The monoisotopic (exact) mass is 401 g/mol. The number of hydrogen-bond donors (Lipinski definition) is 1. The van der Waals surface area contributed by atoms with E-state index in [0.717, 1.165) is 37.2 Å². The third-order valence-electron chi connectivity index (χ3n) is 6.34. The lowest BCUT2D eigenvalue weighted by Gasteiger charge is -2.54. The molecule has 3 aliphatic heterocycles. The molecule has 2 amide bonds. The van der Waals surface area contributed by atoms with E-state index in [1.165, 1.54) is 0 Å². The van der Waals surface area contributed by atoms with Gasteiger partial charge >= 0.3 is 0 Å². The first-order valence-corrected chi connectivity index (χ1v) is 10.5. The van der Waals surface area contributed by atoms with E-state index in [0.29, 0.717) is 38.7 Å². The number of carbonyl (C=O) groups excluding carboxylic acids is 2. The minimum absolute atomic E-state index is 0.0286. The molecule has 0 unspecified atom stereocenters. The summed E-state index contributed by atoms with van der Waals surface area (Å²) in [6, 6.07) is 7.39. The van der Waals surface area contributed by atoms with Crippen LogP contribution in [-0.2, 0) is 14.3 Å². The van der Waals surface area contributed by atoms with Gasteiger partial charge in [-0.15, -0.1) is 0 Å². The van der Waals surface area contributed by atoms with Crippen LogP contribution in [0.15, 0.2) is 24.3 Å². The van der Waals surface area contributed by atoms with Crippen molar-refractivity contribution in [1.29, 1.82) is 0 Å². The number of aryl methyl sites for hydroxylation is 1. The Bertz CT molecular complexity index is 756. The number of likely N-dealkylation sites (tertiary alicyclic amines) is 1. The molecule has 3 fully saturated rings. The molecule has 1 aromatic carbocycles. The highest BCUT2D eigenvalue weighted by Gasteiger charge is 2.51. The maximum absolute atomic E-state index is 12.7. The third-order valence-corrected chi connectivity index (χ3v) is 6.34. The van der Waals surface area contributed by atoms with Gasteiger partial charge in [-0.3, -0.25) is 14.5 Å². The molecule has 0 saturated carbocycles. The van der Waals surface area contributed by atoms with Gasteiger partial charge in [0, 0.05) is 31.9 Å². The van der Waals surface area contributed by atoms with Gasteiger partial charge in [-0.1, -0.05) is 17.7 Å². The zero-order valence-electron chi connectivity index (χ0n) is 17.4. The van der Waals surface area contributed by atoms with Crippen LogP contribution in [0.4, 0.5) is 0 Å². The Morgan fingerprint density at radius 1 is 1.21 bits per heavy atom. The average molecular weight is 402 g/mol. The standard InChI is InChI=1S/C22H31N3O4/c1-16-4-3-5-18(10-16)21(27)25-14-22(15-25)13-24(2)19(12-29-22)20(26)23-11-17-6-8-28-9-7-17/h3-5,10,17,19H,6-9,11-15H2,1-2H3,(H,23,26)/t19-/m1/s1. The lowest BCUT2D eigenvalue weighted by molar-refractivity contribution is -0.187. The van der Waals surface area contributed by atoms with Gasteiger partial charge in [0.1, 0.15) is 11.6 Å². The summed E-state index contributed by atoms with van der Waals surface area (Å²) in [5.74, 6) is 0.574. The molecule has 3 heterocycles. The molecule has 29 heavy (non-hydrogen) atoms. The zero-order chi connectivity index (χ0) is 20.4. The first kappa shape index (κ1) is 20.3. The van der Waals surface area contributed by atoms with Gasteiger partial charge in [-0.2, -0.15) is 0 Å². The molecule has 1 aromatic rings. The predicted octanol–water partition coefficient (Wildman–Crippen LogP) is 1.06. The molecule has 1 N–H and O–H groups in total. The average Bonchev–Trinajstić information content (AvgIpc) is 2.70. The van der Waals surface area contributed by atoms with Crippen LogP contribution in [-0.4, -0.2) is 86.3 Å². The van der Waals surface area contributed by atoms with Crippen molar-refractivity contribution in [3.8, 4) is 0 Å². The van der Waals surface area contributed by atoms with E-state index in [9.17, 15) is 9.59 Å². The normalized spacial score (nSPS) is 24.9. The fourth-order valence-corrected chi connectivity index (χ4v) is 4.53. The van der Waals surface area contributed by atoms with Gasteiger partial charge in [0.25, 0.3) is 5.91 Å². The second kappa shape index (κ2) is 8.42. The Hall–Kier alpha value is -1.96. The Kier molecular flexibility index (Phi) is 5.90. The van der Waals surface area contributed by atoms with Crippen molar-refractivity contribution in [3.05, 3.63) is 35.4 Å². The van der Waals surface area contributed by atoms with Crippen LogP contribution in [0.2, 0.25) is 0 Å². The molecule has 0 aliphatic carbocycles. The highest BCUT2D eigenvalue weighted by Crippen LogP contribution is 2.31. The van der Waals surface area contributed by atoms with Crippen LogP contribution < -0.4 is 5.32 Å². The van der Waals surface area contributed by atoms with E-state index in [-0.39, 0.29) is 23.5 Å². The highest BCUT2D eigenvalue weighted by atomic mass is 16.5. The number of ether oxygens (including phenoxy) is 2. The SMILES string of the molecule is Cc1cccc(C(=O)N2CC3(C2)CN(C)[C@@H](C(=O)NCC2CCOCC2)CO3)c1. The third kappa shape index (κ3) is 4.47. The largest absolute Gasteiger partial charge is 0.381 e. The van der Waals surface area contributed by atoms with Crippen molar-refractivity contribution in [2.24, 2.45) is 5.92 Å². The number of morpholine rings is 1. The molecule has 3 saturated heterocycles. The van der Waals surface area contributed by atoms with Gasteiger partial charge in [0.15, 0.2) is 0 Å². The smallest absolute Gasteiger partial charge is 0.254 e. The topological polar surface area (TPSA) is 71.1 Å². The van der Waals surface area contributed by atoms with Gasteiger partial charge in [0.2, 0.25) is 5.91 Å². The van der Waals surface area contributed by atoms with Gasteiger partial charge < -0.3 is 19.7 Å². The number of benzene rings is 1. The van der Waals surface area contributed by atoms with E-state index in [1.54, 1.807) is 0 Å². The highest BCUT2D eigenvalue weighted by molar-refractivity contribution is 5.95. The van der Waals surface area contributed by atoms with Crippen LogP contribution in [0.1, 0.15) is 28.8 Å². The fourth-order valence-electron chi connectivity index (χ4n) is 4.53. The van der Waals surface area contributed by atoms with E-state index >= 15 is 0 Å². The summed E-state index contributed by atoms with van der Waals surface area (Å²) in [5, 5.41) is 3.09. The molecule has 1 spiro atoms. The van der Waals surface area contributed by atoms with Crippen LogP contribution >= 0.6 is 0 Å². The quantitative estimate of drug-likeness (QED) is 0.817. The Morgan fingerprint density at radius 2 is 1.97 bits per heavy atom. The van der Waals surface area contributed by atoms with Crippen molar-refractivity contribution in [2.45, 2.75) is 31.4 Å². The first-order chi connectivity index (χ1) is 14.0. The predicted molar refractivity (Wildman–Crippen MR) is 109 cm³/mol. The zero-order valence-corrected chi connectivity index (χ0v) is 17.4. The van der Waals surface area contributed by atoms with Crippen molar-refractivity contribution < 1.29 is 19.1 Å². The van der Waals surface area contributed by atoms with Crippen LogP contribution in [0.25, 0.3) is 0 Å². The summed E-state index contributed by atoms with van der Waals surface area (Å²) in [7, 11) is 1.97. The summed E-state index contributed by atoms with van der Waals surface area (Å²) in [6.45, 7) is 6.42. The maximum Gasteiger partial charge on any atom is 0.254 e. The summed E-state index contributed by atoms with van der Waals surface area (Å²) in [4.78, 5) is 29.2. The number of hydrogen-bond acceptors (Lipinski definition) is 5. The number of nitrogens with zero attached hydrogens (tertiary/aromatic N) is 2. The van der Waals surface area contributed by atoms with E-state index < -0.39 is 0 Å². The minimum atomic E-state index is -0.355.